The molecule has 0 unspecified atom stereocenters. The Morgan fingerprint density at radius 3 is 2.45 bits per heavy atom. The van der Waals surface area contributed by atoms with Gasteiger partial charge in [0, 0.05) is 44.5 Å². The molecule has 2 saturated heterocycles. The number of carbonyl (C=O) groups excluding carboxylic acids is 1. The summed E-state index contributed by atoms with van der Waals surface area (Å²) < 4.78 is 1.93. The summed E-state index contributed by atoms with van der Waals surface area (Å²) in [5.74, 6) is 0.331. The van der Waals surface area contributed by atoms with Crippen molar-refractivity contribution in [3.8, 4) is 0 Å². The Bertz CT molecular complexity index is 1140. The predicted octanol–water partition coefficient (Wildman–Crippen LogP) is 1.64. The fourth-order valence-corrected chi connectivity index (χ4v) is 5.00. The molecule has 0 bridgehead atoms. The predicted molar refractivity (Wildman–Crippen MR) is 118 cm³/mol. The number of likely N-dealkylation sites (tertiary alicyclic amines) is 2. The van der Waals surface area contributed by atoms with Crippen LogP contribution in [0.2, 0.25) is 0 Å². The van der Waals surface area contributed by atoms with Crippen molar-refractivity contribution in [1.82, 2.24) is 29.3 Å². The van der Waals surface area contributed by atoms with Crippen molar-refractivity contribution < 1.29 is 4.79 Å². The molecule has 2 aromatic heterocycles. The summed E-state index contributed by atoms with van der Waals surface area (Å²) in [6, 6.07) is 10.2. The number of anilines is 1. The minimum Gasteiger partial charge on any atom is -0.384 e. The molecule has 0 aliphatic carbocycles. The first-order chi connectivity index (χ1) is 15.1. The first-order valence-electron chi connectivity index (χ1n) is 10.9. The molecule has 3 N–H and O–H groups in total. The van der Waals surface area contributed by atoms with Crippen molar-refractivity contribution in [2.75, 3.05) is 31.9 Å². The van der Waals surface area contributed by atoms with Gasteiger partial charge in [-0.05, 0) is 43.9 Å². The van der Waals surface area contributed by atoms with Crippen LogP contribution in [0.1, 0.15) is 42.3 Å². The maximum Gasteiger partial charge on any atom is 0.326 e. The SMILES string of the molecule is Nc1ccnc(C(=O)N2CCC(N3CCC(n4c(=O)[nH]c5ccccc54)CC3)CC2)n1. The summed E-state index contributed by atoms with van der Waals surface area (Å²) in [5, 5.41) is 0. The molecule has 5 rings (SSSR count). The van der Waals surface area contributed by atoms with E-state index >= 15 is 0 Å². The van der Waals surface area contributed by atoms with Crippen LogP contribution >= 0.6 is 0 Å². The van der Waals surface area contributed by atoms with Crippen molar-refractivity contribution in [2.45, 2.75) is 37.8 Å². The van der Waals surface area contributed by atoms with Crippen molar-refractivity contribution in [3.05, 3.63) is 52.8 Å². The van der Waals surface area contributed by atoms with Gasteiger partial charge in [-0.1, -0.05) is 12.1 Å². The fraction of sp³-hybridized carbons (Fsp3) is 0.455. The van der Waals surface area contributed by atoms with E-state index in [1.54, 1.807) is 6.07 Å². The van der Waals surface area contributed by atoms with E-state index in [9.17, 15) is 9.59 Å². The Kier molecular flexibility index (Phi) is 5.19. The summed E-state index contributed by atoms with van der Waals surface area (Å²) in [4.78, 5) is 40.6. The Hall–Kier alpha value is -3.20. The minimum atomic E-state index is -0.150. The zero-order valence-corrected chi connectivity index (χ0v) is 17.4. The van der Waals surface area contributed by atoms with E-state index in [0.717, 1.165) is 49.8 Å². The molecule has 0 spiro atoms. The number of imidazole rings is 1. The molecule has 1 aromatic carbocycles. The van der Waals surface area contributed by atoms with Crippen LogP contribution in [0.15, 0.2) is 41.3 Å². The van der Waals surface area contributed by atoms with Gasteiger partial charge in [-0.25, -0.2) is 14.8 Å². The van der Waals surface area contributed by atoms with Crippen LogP contribution in [0.3, 0.4) is 0 Å². The molecule has 0 radical (unpaired) electrons. The second-order valence-corrected chi connectivity index (χ2v) is 8.41. The van der Waals surface area contributed by atoms with E-state index in [4.69, 9.17) is 5.73 Å². The number of amides is 1. The normalized spacial score (nSPS) is 19.2. The highest BCUT2D eigenvalue weighted by molar-refractivity contribution is 5.90. The molecule has 2 aliphatic rings. The standard InChI is InChI=1S/C22H27N7O2/c23-19-5-10-24-20(26-19)21(30)28-13-6-15(7-14-28)27-11-8-16(9-12-27)29-18-4-2-1-3-17(18)25-22(29)31/h1-5,10,15-16H,6-9,11-14H2,(H,25,31)(H2,23,24,26). The lowest BCUT2D eigenvalue weighted by molar-refractivity contribution is 0.0548. The van der Waals surface area contributed by atoms with Gasteiger partial charge in [0.2, 0.25) is 5.82 Å². The highest BCUT2D eigenvalue weighted by Crippen LogP contribution is 2.28. The Labute approximate surface area is 179 Å². The summed E-state index contributed by atoms with van der Waals surface area (Å²) >= 11 is 0. The average molecular weight is 422 g/mol. The lowest BCUT2D eigenvalue weighted by Gasteiger charge is -2.41. The molecule has 2 fully saturated rings. The Morgan fingerprint density at radius 1 is 1.00 bits per heavy atom. The highest BCUT2D eigenvalue weighted by Gasteiger charge is 2.31. The smallest absolute Gasteiger partial charge is 0.326 e. The first kappa shape index (κ1) is 19.7. The first-order valence-corrected chi connectivity index (χ1v) is 10.9. The third-order valence-electron chi connectivity index (χ3n) is 6.62. The molecular weight excluding hydrogens is 394 g/mol. The third kappa shape index (κ3) is 3.81. The van der Waals surface area contributed by atoms with Gasteiger partial charge in [-0.3, -0.25) is 9.36 Å². The second-order valence-electron chi connectivity index (χ2n) is 8.41. The maximum absolute atomic E-state index is 12.6. The van der Waals surface area contributed by atoms with Gasteiger partial charge < -0.3 is 20.5 Å². The van der Waals surface area contributed by atoms with Gasteiger partial charge in [0.15, 0.2) is 0 Å². The van der Waals surface area contributed by atoms with Gasteiger partial charge >= 0.3 is 5.69 Å². The number of piperidine rings is 2. The van der Waals surface area contributed by atoms with E-state index in [-0.39, 0.29) is 23.5 Å². The number of nitrogens with zero attached hydrogens (tertiary/aromatic N) is 5. The lowest BCUT2D eigenvalue weighted by atomic mass is 9.97. The number of nitrogen functional groups attached to an aromatic ring is 1. The van der Waals surface area contributed by atoms with Crippen molar-refractivity contribution in [2.24, 2.45) is 0 Å². The van der Waals surface area contributed by atoms with E-state index < -0.39 is 0 Å². The fourth-order valence-electron chi connectivity index (χ4n) is 5.00. The number of hydrogen-bond acceptors (Lipinski definition) is 6. The van der Waals surface area contributed by atoms with Gasteiger partial charge in [0.05, 0.1) is 11.0 Å². The number of rotatable bonds is 3. The van der Waals surface area contributed by atoms with Gasteiger partial charge in [-0.15, -0.1) is 0 Å². The molecule has 0 saturated carbocycles. The molecule has 162 valence electrons. The topological polar surface area (TPSA) is 113 Å². The molecule has 9 nitrogen and oxygen atoms in total. The minimum absolute atomic E-state index is 0.0183. The molecule has 2 aliphatic heterocycles. The molecule has 9 heteroatoms. The number of nitrogens with one attached hydrogen (secondary N) is 1. The van der Waals surface area contributed by atoms with E-state index in [2.05, 4.69) is 19.9 Å². The van der Waals surface area contributed by atoms with Crippen molar-refractivity contribution in [3.63, 3.8) is 0 Å². The molecule has 31 heavy (non-hydrogen) atoms. The number of para-hydroxylation sites is 2. The Balaban J connectivity index is 1.18. The number of benzene rings is 1. The zero-order chi connectivity index (χ0) is 21.4. The second kappa shape index (κ2) is 8.14. The van der Waals surface area contributed by atoms with Gasteiger partial charge in [0.25, 0.3) is 5.91 Å². The summed E-state index contributed by atoms with van der Waals surface area (Å²) in [6.07, 6.45) is 5.30. The van der Waals surface area contributed by atoms with Crippen LogP contribution in [0.25, 0.3) is 11.0 Å². The zero-order valence-electron chi connectivity index (χ0n) is 17.4. The number of H-pyrrole nitrogens is 1. The van der Waals surface area contributed by atoms with Crippen LogP contribution in [0.4, 0.5) is 5.82 Å². The number of aromatic amines is 1. The molecule has 3 aromatic rings. The van der Waals surface area contributed by atoms with E-state index in [1.807, 2.05) is 33.7 Å². The van der Waals surface area contributed by atoms with Crippen molar-refractivity contribution in [1.29, 1.82) is 0 Å². The van der Waals surface area contributed by atoms with Crippen molar-refractivity contribution >= 4 is 22.8 Å². The van der Waals surface area contributed by atoms with Gasteiger partial charge in [0.1, 0.15) is 5.82 Å². The average Bonchev–Trinajstić information content (AvgIpc) is 3.14. The van der Waals surface area contributed by atoms with Crippen LogP contribution in [-0.2, 0) is 0 Å². The number of fused-ring (bicyclic) bond motifs is 1. The highest BCUT2D eigenvalue weighted by atomic mass is 16.2. The summed E-state index contributed by atoms with van der Waals surface area (Å²) in [6.45, 7) is 3.33. The molecule has 0 atom stereocenters. The third-order valence-corrected chi connectivity index (χ3v) is 6.62. The summed E-state index contributed by atoms with van der Waals surface area (Å²) in [7, 11) is 0. The molecule has 4 heterocycles. The number of carbonyl (C=O) groups is 1. The maximum atomic E-state index is 12.6. The summed E-state index contributed by atoms with van der Waals surface area (Å²) in [5.41, 5.74) is 7.55. The van der Waals surface area contributed by atoms with E-state index in [0.29, 0.717) is 24.9 Å². The monoisotopic (exact) mass is 421 g/mol. The number of hydrogen-bond donors (Lipinski definition) is 2. The quantitative estimate of drug-likeness (QED) is 0.665. The molecular formula is C22H27N7O2. The van der Waals surface area contributed by atoms with Crippen LogP contribution in [-0.4, -0.2) is 67.4 Å². The van der Waals surface area contributed by atoms with Crippen LogP contribution in [0.5, 0.6) is 0 Å². The van der Waals surface area contributed by atoms with Gasteiger partial charge in [-0.2, -0.15) is 0 Å². The molecule has 1 amide bonds. The number of nitrogens with two attached hydrogens (primary N) is 1. The Morgan fingerprint density at radius 2 is 1.71 bits per heavy atom. The van der Waals surface area contributed by atoms with Crippen LogP contribution in [0, 0.1) is 0 Å². The lowest BCUT2D eigenvalue weighted by Crippen LogP contribution is -2.49. The van der Waals surface area contributed by atoms with E-state index in [1.165, 1.54) is 6.20 Å². The largest absolute Gasteiger partial charge is 0.384 e. The van der Waals surface area contributed by atoms with Crippen LogP contribution < -0.4 is 11.4 Å². The number of aromatic nitrogens is 4.